The molecule has 1 aliphatic heterocycles. The highest BCUT2D eigenvalue weighted by Gasteiger charge is 2.34. The fraction of sp³-hybridized carbons (Fsp3) is 0.538. The molecule has 1 aromatic carbocycles. The zero-order chi connectivity index (χ0) is 11.1. The van der Waals surface area contributed by atoms with E-state index in [-0.39, 0.29) is 0 Å². The number of nitrogens with two attached hydrogens (primary N) is 1. The van der Waals surface area contributed by atoms with E-state index in [2.05, 4.69) is 23.1 Å². The standard InChI is InChI=1S/C13H18N2O/c1-16-11-4-2-9-3-5-13(12(9)6-11)15-7-10(14)8-15/h2,4,6,10,13H,3,5,7-8,14H2,1H3. The molecule has 16 heavy (non-hydrogen) atoms. The van der Waals surface area contributed by atoms with E-state index in [0.29, 0.717) is 12.1 Å². The normalized spacial score (nSPS) is 25.2. The van der Waals surface area contributed by atoms with Crippen LogP contribution in [-0.2, 0) is 6.42 Å². The molecule has 3 heteroatoms. The van der Waals surface area contributed by atoms with Crippen LogP contribution in [0.25, 0.3) is 0 Å². The Hall–Kier alpha value is -1.06. The number of methoxy groups -OCH3 is 1. The molecule has 0 amide bonds. The number of fused-ring (bicyclic) bond motifs is 1. The molecule has 0 radical (unpaired) electrons. The number of likely N-dealkylation sites (tertiary alicyclic amines) is 1. The van der Waals surface area contributed by atoms with Crippen molar-refractivity contribution in [2.45, 2.75) is 24.9 Å². The summed E-state index contributed by atoms with van der Waals surface area (Å²) >= 11 is 0. The summed E-state index contributed by atoms with van der Waals surface area (Å²) in [7, 11) is 1.73. The molecule has 0 bridgehead atoms. The van der Waals surface area contributed by atoms with Gasteiger partial charge in [0.1, 0.15) is 5.75 Å². The highest BCUT2D eigenvalue weighted by Crippen LogP contribution is 2.39. The van der Waals surface area contributed by atoms with Crippen molar-refractivity contribution < 1.29 is 4.74 Å². The van der Waals surface area contributed by atoms with Gasteiger partial charge < -0.3 is 10.5 Å². The Morgan fingerprint density at radius 1 is 1.38 bits per heavy atom. The molecule has 1 aliphatic carbocycles. The molecule has 0 spiro atoms. The van der Waals surface area contributed by atoms with Gasteiger partial charge in [0.05, 0.1) is 7.11 Å². The molecule has 1 atom stereocenters. The minimum Gasteiger partial charge on any atom is -0.497 e. The maximum Gasteiger partial charge on any atom is 0.119 e. The molecule has 1 saturated heterocycles. The van der Waals surface area contributed by atoms with Crippen LogP contribution in [0.4, 0.5) is 0 Å². The quantitative estimate of drug-likeness (QED) is 0.813. The summed E-state index contributed by atoms with van der Waals surface area (Å²) in [5.74, 6) is 0.968. The molecular formula is C13H18N2O. The van der Waals surface area contributed by atoms with Crippen molar-refractivity contribution >= 4 is 0 Å². The first kappa shape index (κ1) is 10.1. The van der Waals surface area contributed by atoms with E-state index in [1.807, 2.05) is 0 Å². The summed E-state index contributed by atoms with van der Waals surface area (Å²) in [5, 5.41) is 0. The van der Waals surface area contributed by atoms with Crippen LogP contribution in [-0.4, -0.2) is 31.1 Å². The van der Waals surface area contributed by atoms with Crippen LogP contribution in [0.3, 0.4) is 0 Å². The monoisotopic (exact) mass is 218 g/mol. The highest BCUT2D eigenvalue weighted by atomic mass is 16.5. The Balaban J connectivity index is 1.86. The third kappa shape index (κ3) is 1.51. The van der Waals surface area contributed by atoms with E-state index in [9.17, 15) is 0 Å². The van der Waals surface area contributed by atoms with Crippen molar-refractivity contribution in [3.05, 3.63) is 29.3 Å². The molecule has 1 unspecified atom stereocenters. The number of hydrogen-bond acceptors (Lipinski definition) is 3. The second-order valence-corrected chi connectivity index (χ2v) is 4.83. The molecule has 2 aliphatic rings. The van der Waals surface area contributed by atoms with Gasteiger partial charge in [-0.2, -0.15) is 0 Å². The van der Waals surface area contributed by atoms with E-state index in [0.717, 1.165) is 18.8 Å². The number of hydrogen-bond donors (Lipinski definition) is 1. The van der Waals surface area contributed by atoms with Gasteiger partial charge in [-0.25, -0.2) is 0 Å². The molecule has 1 aromatic rings. The van der Waals surface area contributed by atoms with Crippen LogP contribution in [0.2, 0.25) is 0 Å². The minimum atomic E-state index is 0.384. The third-order valence-electron chi connectivity index (χ3n) is 3.78. The molecule has 86 valence electrons. The summed E-state index contributed by atoms with van der Waals surface area (Å²) in [5.41, 5.74) is 8.77. The molecule has 1 fully saturated rings. The SMILES string of the molecule is COc1ccc2c(c1)C(N1CC(N)C1)CC2. The van der Waals surface area contributed by atoms with Gasteiger partial charge in [0, 0.05) is 25.2 Å². The van der Waals surface area contributed by atoms with Gasteiger partial charge in [0.15, 0.2) is 0 Å². The van der Waals surface area contributed by atoms with Crippen molar-refractivity contribution in [3.63, 3.8) is 0 Å². The molecule has 0 saturated carbocycles. The molecule has 1 heterocycles. The van der Waals surface area contributed by atoms with Crippen LogP contribution in [0.1, 0.15) is 23.6 Å². The van der Waals surface area contributed by atoms with Crippen molar-refractivity contribution in [1.29, 1.82) is 0 Å². The third-order valence-corrected chi connectivity index (χ3v) is 3.78. The van der Waals surface area contributed by atoms with Gasteiger partial charge in [-0.15, -0.1) is 0 Å². The van der Waals surface area contributed by atoms with E-state index in [1.165, 1.54) is 24.0 Å². The lowest BCUT2D eigenvalue weighted by Crippen LogP contribution is -2.56. The summed E-state index contributed by atoms with van der Waals surface area (Å²) in [6.45, 7) is 2.09. The van der Waals surface area contributed by atoms with E-state index < -0.39 is 0 Å². The fourth-order valence-corrected chi connectivity index (χ4v) is 2.87. The Kier molecular flexibility index (Phi) is 2.37. The fourth-order valence-electron chi connectivity index (χ4n) is 2.87. The number of nitrogens with zero attached hydrogens (tertiary/aromatic N) is 1. The first-order valence-electron chi connectivity index (χ1n) is 5.94. The van der Waals surface area contributed by atoms with Crippen LogP contribution < -0.4 is 10.5 Å². The molecule has 2 N–H and O–H groups in total. The smallest absolute Gasteiger partial charge is 0.119 e. The van der Waals surface area contributed by atoms with Gasteiger partial charge in [-0.3, -0.25) is 4.90 Å². The second-order valence-electron chi connectivity index (χ2n) is 4.83. The van der Waals surface area contributed by atoms with Crippen molar-refractivity contribution in [2.24, 2.45) is 5.73 Å². The minimum absolute atomic E-state index is 0.384. The first-order valence-corrected chi connectivity index (χ1v) is 5.94. The number of benzene rings is 1. The topological polar surface area (TPSA) is 38.5 Å². The lowest BCUT2D eigenvalue weighted by Gasteiger charge is -2.41. The largest absolute Gasteiger partial charge is 0.497 e. The van der Waals surface area contributed by atoms with Crippen molar-refractivity contribution in [1.82, 2.24) is 4.90 Å². The van der Waals surface area contributed by atoms with E-state index >= 15 is 0 Å². The van der Waals surface area contributed by atoms with E-state index in [4.69, 9.17) is 10.5 Å². The average Bonchev–Trinajstić information content (AvgIpc) is 2.67. The summed E-state index contributed by atoms with van der Waals surface area (Å²) in [6.07, 6.45) is 2.42. The zero-order valence-corrected chi connectivity index (χ0v) is 9.65. The second kappa shape index (κ2) is 3.75. The van der Waals surface area contributed by atoms with Gasteiger partial charge in [0.2, 0.25) is 0 Å². The molecular weight excluding hydrogens is 200 g/mol. The van der Waals surface area contributed by atoms with Gasteiger partial charge in [0.25, 0.3) is 0 Å². The van der Waals surface area contributed by atoms with Crippen LogP contribution in [0, 0.1) is 0 Å². The number of ether oxygens (including phenoxy) is 1. The Morgan fingerprint density at radius 3 is 2.88 bits per heavy atom. The summed E-state index contributed by atoms with van der Waals surface area (Å²) < 4.78 is 5.30. The maximum absolute atomic E-state index is 5.85. The maximum atomic E-state index is 5.85. The zero-order valence-electron chi connectivity index (χ0n) is 9.65. The van der Waals surface area contributed by atoms with Crippen LogP contribution in [0.5, 0.6) is 5.75 Å². The lowest BCUT2D eigenvalue weighted by atomic mass is 10.0. The van der Waals surface area contributed by atoms with Gasteiger partial charge in [-0.05, 0) is 36.1 Å². The Bertz CT molecular complexity index is 399. The number of aryl methyl sites for hydroxylation is 1. The Labute approximate surface area is 96.2 Å². The van der Waals surface area contributed by atoms with Gasteiger partial charge in [-0.1, -0.05) is 6.07 Å². The lowest BCUT2D eigenvalue weighted by molar-refractivity contribution is 0.0941. The number of rotatable bonds is 2. The summed E-state index contributed by atoms with van der Waals surface area (Å²) in [4.78, 5) is 2.48. The Morgan fingerprint density at radius 2 is 2.19 bits per heavy atom. The first-order chi connectivity index (χ1) is 7.78. The van der Waals surface area contributed by atoms with Gasteiger partial charge >= 0.3 is 0 Å². The predicted octanol–water partition coefficient (Wildman–Crippen LogP) is 1.33. The molecule has 0 aromatic heterocycles. The van der Waals surface area contributed by atoms with Crippen molar-refractivity contribution in [3.8, 4) is 5.75 Å². The van der Waals surface area contributed by atoms with Crippen LogP contribution >= 0.6 is 0 Å². The van der Waals surface area contributed by atoms with E-state index in [1.54, 1.807) is 7.11 Å². The van der Waals surface area contributed by atoms with Crippen LogP contribution in [0.15, 0.2) is 18.2 Å². The van der Waals surface area contributed by atoms with Crippen molar-refractivity contribution in [2.75, 3.05) is 20.2 Å². The molecule has 3 nitrogen and oxygen atoms in total. The highest BCUT2D eigenvalue weighted by molar-refractivity contribution is 5.41. The molecule has 3 rings (SSSR count). The predicted molar refractivity (Wildman–Crippen MR) is 63.6 cm³/mol. The summed E-state index contributed by atoms with van der Waals surface area (Å²) in [6, 6.07) is 7.41. The average molecular weight is 218 g/mol.